The number of benzene rings is 2. The molecule has 1 unspecified atom stereocenters. The number of anilines is 2. The summed E-state index contributed by atoms with van der Waals surface area (Å²) in [6.07, 6.45) is 1.18. The van der Waals surface area contributed by atoms with Crippen molar-refractivity contribution in [1.82, 2.24) is 0 Å². The second kappa shape index (κ2) is 4.71. The average molecular weight is 273 g/mol. The molecular weight excluding hydrogens is 260 g/mol. The predicted molar refractivity (Wildman–Crippen MR) is 73.5 cm³/mol. The number of rotatable bonds is 2. The summed E-state index contributed by atoms with van der Waals surface area (Å²) in [7, 11) is 0. The third-order valence-corrected chi connectivity index (χ3v) is 3.62. The standard InChI is InChI=1S/C16H13F2NO/c1-10-6-12-4-2-3-5-15(12)19(10)16-13(17)7-11(9-20)8-14(16)18/h2-5,7-10H,6H2,1H3. The molecule has 0 spiro atoms. The van der Waals surface area contributed by atoms with Crippen LogP contribution in [0.4, 0.5) is 20.2 Å². The van der Waals surface area contributed by atoms with Crippen LogP contribution in [0, 0.1) is 11.6 Å². The maximum absolute atomic E-state index is 14.2. The summed E-state index contributed by atoms with van der Waals surface area (Å²) in [5.74, 6) is -1.42. The van der Waals surface area contributed by atoms with Crippen LogP contribution in [0.2, 0.25) is 0 Å². The summed E-state index contributed by atoms with van der Waals surface area (Å²) < 4.78 is 28.4. The van der Waals surface area contributed by atoms with E-state index in [0.717, 1.165) is 29.8 Å². The molecule has 0 saturated carbocycles. The number of halogens is 2. The van der Waals surface area contributed by atoms with Crippen molar-refractivity contribution in [1.29, 1.82) is 0 Å². The summed E-state index contributed by atoms with van der Waals surface area (Å²) >= 11 is 0. The van der Waals surface area contributed by atoms with Crippen LogP contribution in [0.1, 0.15) is 22.8 Å². The first kappa shape index (κ1) is 12.8. The van der Waals surface area contributed by atoms with Gasteiger partial charge in [-0.1, -0.05) is 18.2 Å². The van der Waals surface area contributed by atoms with E-state index in [1.165, 1.54) is 0 Å². The van der Waals surface area contributed by atoms with Crippen molar-refractivity contribution in [2.75, 3.05) is 4.90 Å². The van der Waals surface area contributed by atoms with Gasteiger partial charge >= 0.3 is 0 Å². The van der Waals surface area contributed by atoms with E-state index >= 15 is 0 Å². The molecule has 0 aromatic heterocycles. The Balaban J connectivity index is 2.17. The summed E-state index contributed by atoms with van der Waals surface area (Å²) in [6.45, 7) is 1.92. The van der Waals surface area contributed by atoms with E-state index in [9.17, 15) is 13.6 Å². The Morgan fingerprint density at radius 2 is 1.85 bits per heavy atom. The lowest BCUT2D eigenvalue weighted by atomic mass is 10.1. The molecule has 102 valence electrons. The zero-order valence-electron chi connectivity index (χ0n) is 10.9. The molecule has 0 N–H and O–H groups in total. The highest BCUT2D eigenvalue weighted by Gasteiger charge is 2.30. The minimum Gasteiger partial charge on any atom is -0.333 e. The highest BCUT2D eigenvalue weighted by Crippen LogP contribution is 2.40. The molecule has 1 aliphatic heterocycles. The van der Waals surface area contributed by atoms with Gasteiger partial charge in [0.1, 0.15) is 12.0 Å². The summed E-state index contributed by atoms with van der Waals surface area (Å²) in [6, 6.07) is 9.68. The average Bonchev–Trinajstić information content (AvgIpc) is 2.75. The Kier molecular flexibility index (Phi) is 3.01. The number of carbonyl (C=O) groups excluding carboxylic acids is 1. The third kappa shape index (κ3) is 1.88. The smallest absolute Gasteiger partial charge is 0.150 e. The molecule has 1 aliphatic rings. The molecule has 1 heterocycles. The Morgan fingerprint density at radius 1 is 1.20 bits per heavy atom. The van der Waals surface area contributed by atoms with E-state index in [2.05, 4.69) is 0 Å². The lowest BCUT2D eigenvalue weighted by Crippen LogP contribution is -2.26. The molecule has 0 bridgehead atoms. The molecule has 3 rings (SSSR count). The number of para-hydroxylation sites is 1. The van der Waals surface area contributed by atoms with E-state index in [0.29, 0.717) is 6.29 Å². The fraction of sp³-hybridized carbons (Fsp3) is 0.188. The van der Waals surface area contributed by atoms with Gasteiger partial charge in [0.05, 0.1) is 0 Å². The number of aldehydes is 1. The Hall–Kier alpha value is -2.23. The zero-order chi connectivity index (χ0) is 14.3. The lowest BCUT2D eigenvalue weighted by molar-refractivity contribution is 0.112. The quantitative estimate of drug-likeness (QED) is 0.774. The maximum Gasteiger partial charge on any atom is 0.150 e. The number of hydrogen-bond donors (Lipinski definition) is 0. The first-order valence-electron chi connectivity index (χ1n) is 6.43. The van der Waals surface area contributed by atoms with Crippen LogP contribution in [-0.4, -0.2) is 12.3 Å². The second-order valence-electron chi connectivity index (χ2n) is 5.00. The van der Waals surface area contributed by atoms with Crippen molar-refractivity contribution in [2.24, 2.45) is 0 Å². The number of carbonyl (C=O) groups is 1. The van der Waals surface area contributed by atoms with Crippen LogP contribution in [0.25, 0.3) is 0 Å². The second-order valence-corrected chi connectivity index (χ2v) is 5.00. The molecule has 2 aromatic rings. The fourth-order valence-corrected chi connectivity index (χ4v) is 2.79. The van der Waals surface area contributed by atoms with Crippen LogP contribution >= 0.6 is 0 Å². The molecule has 0 radical (unpaired) electrons. The van der Waals surface area contributed by atoms with Gasteiger partial charge in [-0.15, -0.1) is 0 Å². The molecular formula is C16H13F2NO. The maximum atomic E-state index is 14.2. The molecule has 0 saturated heterocycles. The number of hydrogen-bond acceptors (Lipinski definition) is 2. The first-order chi connectivity index (χ1) is 9.61. The van der Waals surface area contributed by atoms with Crippen LogP contribution < -0.4 is 4.90 Å². The fourth-order valence-electron chi connectivity index (χ4n) is 2.79. The van der Waals surface area contributed by atoms with Crippen molar-refractivity contribution in [3.05, 3.63) is 59.2 Å². The van der Waals surface area contributed by atoms with Gasteiger partial charge in [0.15, 0.2) is 11.6 Å². The molecule has 1 atom stereocenters. The van der Waals surface area contributed by atoms with E-state index in [-0.39, 0.29) is 17.3 Å². The van der Waals surface area contributed by atoms with E-state index in [1.54, 1.807) is 4.90 Å². The Morgan fingerprint density at radius 3 is 2.50 bits per heavy atom. The minimum absolute atomic E-state index is 0.00360. The SMILES string of the molecule is CC1Cc2ccccc2N1c1c(F)cc(C=O)cc1F. The van der Waals surface area contributed by atoms with Gasteiger partial charge in [-0.05, 0) is 37.1 Å². The van der Waals surface area contributed by atoms with E-state index < -0.39 is 11.6 Å². The highest BCUT2D eigenvalue weighted by atomic mass is 19.1. The van der Waals surface area contributed by atoms with Crippen LogP contribution in [0.3, 0.4) is 0 Å². The largest absolute Gasteiger partial charge is 0.333 e. The lowest BCUT2D eigenvalue weighted by Gasteiger charge is -2.26. The van der Waals surface area contributed by atoms with Crippen LogP contribution in [-0.2, 0) is 6.42 Å². The number of nitrogens with zero attached hydrogens (tertiary/aromatic N) is 1. The van der Waals surface area contributed by atoms with Crippen molar-refractivity contribution in [3.8, 4) is 0 Å². The molecule has 0 fully saturated rings. The minimum atomic E-state index is -0.712. The van der Waals surface area contributed by atoms with Crippen LogP contribution in [0.5, 0.6) is 0 Å². The van der Waals surface area contributed by atoms with Crippen molar-refractivity contribution < 1.29 is 13.6 Å². The summed E-state index contributed by atoms with van der Waals surface area (Å²) in [5, 5.41) is 0. The van der Waals surface area contributed by atoms with Crippen molar-refractivity contribution >= 4 is 17.7 Å². The summed E-state index contributed by atoms with van der Waals surface area (Å²) in [5.41, 5.74) is 1.80. The molecule has 2 nitrogen and oxygen atoms in total. The van der Waals surface area contributed by atoms with E-state index in [4.69, 9.17) is 0 Å². The molecule has 4 heteroatoms. The van der Waals surface area contributed by atoms with Crippen LogP contribution in [0.15, 0.2) is 36.4 Å². The topological polar surface area (TPSA) is 20.3 Å². The third-order valence-electron chi connectivity index (χ3n) is 3.62. The first-order valence-corrected chi connectivity index (χ1v) is 6.43. The van der Waals surface area contributed by atoms with E-state index in [1.807, 2.05) is 31.2 Å². The molecule has 0 aliphatic carbocycles. The van der Waals surface area contributed by atoms with Gasteiger partial charge < -0.3 is 4.90 Å². The van der Waals surface area contributed by atoms with Gasteiger partial charge in [-0.3, -0.25) is 4.79 Å². The van der Waals surface area contributed by atoms with Gasteiger partial charge in [-0.2, -0.15) is 0 Å². The highest BCUT2D eigenvalue weighted by molar-refractivity contribution is 5.78. The zero-order valence-corrected chi connectivity index (χ0v) is 10.9. The monoisotopic (exact) mass is 273 g/mol. The van der Waals surface area contributed by atoms with Gasteiger partial charge in [-0.25, -0.2) is 8.78 Å². The predicted octanol–water partition coefficient (Wildman–Crippen LogP) is 3.86. The summed E-state index contributed by atoms with van der Waals surface area (Å²) in [4.78, 5) is 12.3. The van der Waals surface area contributed by atoms with Gasteiger partial charge in [0, 0.05) is 17.3 Å². The normalized spacial score (nSPS) is 17.1. The van der Waals surface area contributed by atoms with Gasteiger partial charge in [0.25, 0.3) is 0 Å². The Labute approximate surface area is 115 Å². The Bertz CT molecular complexity index is 661. The molecule has 2 aromatic carbocycles. The molecule has 20 heavy (non-hydrogen) atoms. The molecule has 0 amide bonds. The number of fused-ring (bicyclic) bond motifs is 1. The van der Waals surface area contributed by atoms with Crippen molar-refractivity contribution in [3.63, 3.8) is 0 Å². The van der Waals surface area contributed by atoms with Gasteiger partial charge in [0.2, 0.25) is 0 Å². The van der Waals surface area contributed by atoms with Crippen molar-refractivity contribution in [2.45, 2.75) is 19.4 Å².